The third-order valence-electron chi connectivity index (χ3n) is 2.41. The van der Waals surface area contributed by atoms with Gasteiger partial charge in [0, 0.05) is 10.7 Å². The highest BCUT2D eigenvalue weighted by atomic mass is 35.5. The van der Waals surface area contributed by atoms with E-state index in [1.807, 2.05) is 0 Å². The number of hydrogen-bond acceptors (Lipinski definition) is 2. The molecule has 0 aliphatic heterocycles. The number of amides is 1. The maximum Gasteiger partial charge on any atom is 0.258 e. The molecule has 2 aromatic rings. The summed E-state index contributed by atoms with van der Waals surface area (Å²) in [6.45, 7) is 0. The summed E-state index contributed by atoms with van der Waals surface area (Å²) >= 11 is 5.69. The Labute approximate surface area is 113 Å². The predicted molar refractivity (Wildman–Crippen MR) is 70.2 cm³/mol. The number of nitrogens with two attached hydrogens (primary N) is 1. The van der Waals surface area contributed by atoms with E-state index in [2.05, 4.69) is 5.32 Å². The van der Waals surface area contributed by atoms with Gasteiger partial charge in [-0.1, -0.05) is 11.6 Å². The molecule has 0 aliphatic rings. The third-order valence-corrected chi connectivity index (χ3v) is 2.66. The second-order valence-electron chi connectivity index (χ2n) is 3.82. The van der Waals surface area contributed by atoms with Gasteiger partial charge < -0.3 is 11.1 Å². The summed E-state index contributed by atoms with van der Waals surface area (Å²) in [5, 5.41) is 2.92. The van der Waals surface area contributed by atoms with E-state index in [9.17, 15) is 13.6 Å². The van der Waals surface area contributed by atoms with Gasteiger partial charge in [0.25, 0.3) is 5.91 Å². The zero-order valence-electron chi connectivity index (χ0n) is 9.58. The van der Waals surface area contributed by atoms with Crippen molar-refractivity contribution in [2.24, 2.45) is 0 Å². The Hall–Kier alpha value is -2.14. The van der Waals surface area contributed by atoms with E-state index in [1.165, 1.54) is 0 Å². The van der Waals surface area contributed by atoms with E-state index < -0.39 is 28.8 Å². The number of hydrogen-bond donors (Lipinski definition) is 2. The lowest BCUT2D eigenvalue weighted by atomic mass is 10.1. The molecule has 0 spiro atoms. The predicted octanol–water partition coefficient (Wildman–Crippen LogP) is 3.45. The SMILES string of the molecule is Nc1cc(F)cc(C(=O)Nc2ccc(Cl)cc2)c1F. The largest absolute Gasteiger partial charge is 0.396 e. The van der Waals surface area contributed by atoms with Crippen molar-refractivity contribution < 1.29 is 13.6 Å². The van der Waals surface area contributed by atoms with Crippen molar-refractivity contribution in [3.63, 3.8) is 0 Å². The monoisotopic (exact) mass is 282 g/mol. The number of carbonyl (C=O) groups excluding carboxylic acids is 1. The second kappa shape index (κ2) is 5.24. The van der Waals surface area contributed by atoms with Gasteiger partial charge in [-0.15, -0.1) is 0 Å². The van der Waals surface area contributed by atoms with Gasteiger partial charge in [0.15, 0.2) is 5.82 Å². The summed E-state index contributed by atoms with van der Waals surface area (Å²) in [7, 11) is 0. The average molecular weight is 283 g/mol. The quantitative estimate of drug-likeness (QED) is 0.829. The van der Waals surface area contributed by atoms with Crippen LogP contribution in [0.15, 0.2) is 36.4 Å². The Morgan fingerprint density at radius 1 is 1.16 bits per heavy atom. The molecule has 3 nitrogen and oxygen atoms in total. The van der Waals surface area contributed by atoms with Crippen LogP contribution in [0.25, 0.3) is 0 Å². The molecule has 3 N–H and O–H groups in total. The topological polar surface area (TPSA) is 55.1 Å². The van der Waals surface area contributed by atoms with E-state index in [-0.39, 0.29) is 0 Å². The van der Waals surface area contributed by atoms with Crippen LogP contribution < -0.4 is 11.1 Å². The van der Waals surface area contributed by atoms with Crippen LogP contribution in [0.4, 0.5) is 20.2 Å². The summed E-state index contributed by atoms with van der Waals surface area (Å²) in [6, 6.07) is 7.81. The number of nitrogen functional groups attached to an aromatic ring is 1. The van der Waals surface area contributed by atoms with Crippen LogP contribution >= 0.6 is 11.6 Å². The Morgan fingerprint density at radius 2 is 1.79 bits per heavy atom. The van der Waals surface area contributed by atoms with Gasteiger partial charge in [0.2, 0.25) is 0 Å². The minimum absolute atomic E-state index is 0.414. The van der Waals surface area contributed by atoms with Crippen molar-refractivity contribution in [1.29, 1.82) is 0 Å². The number of benzene rings is 2. The summed E-state index contributed by atoms with van der Waals surface area (Å²) in [5.41, 5.74) is 4.81. The van der Waals surface area contributed by atoms with Gasteiger partial charge in [0.1, 0.15) is 5.82 Å². The molecule has 0 aromatic heterocycles. The van der Waals surface area contributed by atoms with E-state index in [0.717, 1.165) is 12.1 Å². The summed E-state index contributed by atoms with van der Waals surface area (Å²) in [5.74, 6) is -2.51. The molecule has 0 atom stereocenters. The standard InChI is InChI=1S/C13H9ClF2N2O/c14-7-1-3-9(4-2-7)18-13(19)10-5-8(15)6-11(17)12(10)16/h1-6H,17H2,(H,18,19). The van der Waals surface area contributed by atoms with Crippen LogP contribution in [0.1, 0.15) is 10.4 Å². The number of carbonyl (C=O) groups is 1. The van der Waals surface area contributed by atoms with Crippen molar-refractivity contribution >= 4 is 28.9 Å². The molecule has 0 radical (unpaired) electrons. The Bertz CT molecular complexity index is 629. The number of anilines is 2. The lowest BCUT2D eigenvalue weighted by Crippen LogP contribution is -2.15. The van der Waals surface area contributed by atoms with Gasteiger partial charge in [0.05, 0.1) is 11.3 Å². The van der Waals surface area contributed by atoms with Crippen LogP contribution in [-0.2, 0) is 0 Å². The van der Waals surface area contributed by atoms with Gasteiger partial charge >= 0.3 is 0 Å². The zero-order chi connectivity index (χ0) is 14.0. The van der Waals surface area contributed by atoms with Crippen LogP contribution in [0.2, 0.25) is 5.02 Å². The Kier molecular flexibility index (Phi) is 3.66. The molecular formula is C13H9ClF2N2O. The first-order valence-electron chi connectivity index (χ1n) is 5.29. The summed E-state index contributed by atoms with van der Waals surface area (Å²) < 4.78 is 26.7. The fourth-order valence-corrected chi connectivity index (χ4v) is 1.63. The summed E-state index contributed by atoms with van der Waals surface area (Å²) in [6.07, 6.45) is 0. The lowest BCUT2D eigenvalue weighted by molar-refractivity contribution is 0.102. The fourth-order valence-electron chi connectivity index (χ4n) is 1.51. The Morgan fingerprint density at radius 3 is 2.42 bits per heavy atom. The first-order chi connectivity index (χ1) is 8.97. The highest BCUT2D eigenvalue weighted by Gasteiger charge is 2.16. The molecule has 2 rings (SSSR count). The minimum atomic E-state index is -0.951. The number of halogens is 3. The normalized spacial score (nSPS) is 10.3. The van der Waals surface area contributed by atoms with Crippen molar-refractivity contribution in [2.45, 2.75) is 0 Å². The van der Waals surface area contributed by atoms with Crippen molar-refractivity contribution in [1.82, 2.24) is 0 Å². The van der Waals surface area contributed by atoms with E-state index in [1.54, 1.807) is 24.3 Å². The maximum absolute atomic E-state index is 13.6. The van der Waals surface area contributed by atoms with E-state index in [4.69, 9.17) is 17.3 Å². The molecule has 0 saturated heterocycles. The smallest absolute Gasteiger partial charge is 0.258 e. The highest BCUT2D eigenvalue weighted by molar-refractivity contribution is 6.30. The van der Waals surface area contributed by atoms with Crippen molar-refractivity contribution in [2.75, 3.05) is 11.1 Å². The van der Waals surface area contributed by atoms with Crippen molar-refractivity contribution in [3.8, 4) is 0 Å². The lowest BCUT2D eigenvalue weighted by Gasteiger charge is -2.07. The minimum Gasteiger partial charge on any atom is -0.396 e. The molecule has 98 valence electrons. The van der Waals surface area contributed by atoms with Crippen LogP contribution in [0, 0.1) is 11.6 Å². The molecule has 0 heterocycles. The molecule has 2 aromatic carbocycles. The Balaban J connectivity index is 2.27. The second-order valence-corrected chi connectivity index (χ2v) is 4.25. The van der Waals surface area contributed by atoms with Gasteiger partial charge in [-0.05, 0) is 36.4 Å². The fraction of sp³-hybridized carbons (Fsp3) is 0. The molecular weight excluding hydrogens is 274 g/mol. The molecule has 0 unspecified atom stereocenters. The first-order valence-corrected chi connectivity index (χ1v) is 5.66. The molecule has 1 amide bonds. The van der Waals surface area contributed by atoms with Crippen LogP contribution in [-0.4, -0.2) is 5.91 Å². The van der Waals surface area contributed by atoms with Crippen LogP contribution in [0.5, 0.6) is 0 Å². The van der Waals surface area contributed by atoms with Crippen LogP contribution in [0.3, 0.4) is 0 Å². The van der Waals surface area contributed by atoms with Crippen molar-refractivity contribution in [3.05, 3.63) is 58.6 Å². The number of rotatable bonds is 2. The van der Waals surface area contributed by atoms with E-state index in [0.29, 0.717) is 10.7 Å². The molecule has 0 fully saturated rings. The highest BCUT2D eigenvalue weighted by Crippen LogP contribution is 2.19. The number of nitrogens with one attached hydrogen (secondary N) is 1. The molecule has 0 aliphatic carbocycles. The van der Waals surface area contributed by atoms with Gasteiger partial charge in [-0.25, -0.2) is 8.78 Å². The molecule has 6 heteroatoms. The zero-order valence-corrected chi connectivity index (χ0v) is 10.3. The maximum atomic E-state index is 13.6. The first kappa shape index (κ1) is 13.3. The average Bonchev–Trinajstić information content (AvgIpc) is 2.36. The van der Waals surface area contributed by atoms with Gasteiger partial charge in [-0.2, -0.15) is 0 Å². The van der Waals surface area contributed by atoms with E-state index >= 15 is 0 Å². The summed E-state index contributed by atoms with van der Waals surface area (Å²) in [4.78, 5) is 11.8. The molecule has 0 bridgehead atoms. The molecule has 0 saturated carbocycles. The molecule has 19 heavy (non-hydrogen) atoms. The van der Waals surface area contributed by atoms with Gasteiger partial charge in [-0.3, -0.25) is 4.79 Å². The third kappa shape index (κ3) is 3.00.